The molecule has 0 saturated carbocycles. The summed E-state index contributed by atoms with van der Waals surface area (Å²) in [5.41, 5.74) is 1.97. The van der Waals surface area contributed by atoms with Crippen LogP contribution in [0.25, 0.3) is 0 Å². The highest BCUT2D eigenvalue weighted by atomic mass is 79.9. The van der Waals surface area contributed by atoms with E-state index in [1.54, 1.807) is 43.3 Å². The number of sulfonamides is 1. The summed E-state index contributed by atoms with van der Waals surface area (Å²) < 4.78 is 35.1. The molecule has 3 aromatic carbocycles. The number of hydrogen-bond donors (Lipinski definition) is 1. The van der Waals surface area contributed by atoms with Gasteiger partial charge in [-0.15, -0.1) is 0 Å². The van der Waals surface area contributed by atoms with Crippen molar-refractivity contribution in [2.75, 3.05) is 18.0 Å². The lowest BCUT2D eigenvalue weighted by Gasteiger charge is -2.32. The molecule has 1 N–H and O–H groups in total. The third kappa shape index (κ3) is 7.85. The van der Waals surface area contributed by atoms with E-state index in [0.29, 0.717) is 5.75 Å². The molecule has 214 valence electrons. The van der Waals surface area contributed by atoms with Crippen LogP contribution in [0.1, 0.15) is 38.3 Å². The van der Waals surface area contributed by atoms with E-state index in [1.807, 2.05) is 45.0 Å². The molecule has 0 aliphatic rings. The standard InChI is InChI=1S/C30H36BrN3O5S/c1-6-22(3)32-30(36)23(4)33(19-24-9-7-10-25(31)17-24)29(35)20-34(26-11-8-12-27(18-26)39-5)40(37,38)28-15-13-21(2)14-16-28/h7-18,22-23H,6,19-20H2,1-5H3,(H,32,36)/t22-,23+/m0/s1. The molecule has 3 rings (SSSR count). The number of benzene rings is 3. The number of nitrogens with zero attached hydrogens (tertiary/aromatic N) is 2. The maximum absolute atomic E-state index is 14.0. The smallest absolute Gasteiger partial charge is 0.264 e. The molecule has 40 heavy (non-hydrogen) atoms. The fraction of sp³-hybridized carbons (Fsp3) is 0.333. The van der Waals surface area contributed by atoms with Crippen LogP contribution < -0.4 is 14.4 Å². The summed E-state index contributed by atoms with van der Waals surface area (Å²) in [4.78, 5) is 28.6. The summed E-state index contributed by atoms with van der Waals surface area (Å²) >= 11 is 3.46. The normalized spacial score (nSPS) is 12.8. The molecule has 0 bridgehead atoms. The number of carbonyl (C=O) groups is 2. The molecule has 0 heterocycles. The van der Waals surface area contributed by atoms with Crippen molar-refractivity contribution in [1.29, 1.82) is 0 Å². The number of ether oxygens (including phenoxy) is 1. The second kappa shape index (κ2) is 13.8. The average Bonchev–Trinajstić information content (AvgIpc) is 2.94. The first kappa shape index (κ1) is 31.2. The Balaban J connectivity index is 2.05. The molecule has 8 nitrogen and oxygen atoms in total. The molecule has 2 amide bonds. The van der Waals surface area contributed by atoms with Crippen LogP contribution in [-0.4, -0.2) is 50.9 Å². The summed E-state index contributed by atoms with van der Waals surface area (Å²) in [5.74, 6) is -0.390. The van der Waals surface area contributed by atoms with E-state index in [0.717, 1.165) is 26.3 Å². The SMILES string of the molecule is CC[C@H](C)NC(=O)[C@@H](C)N(Cc1cccc(Br)c1)C(=O)CN(c1cccc(OC)c1)S(=O)(=O)c1ccc(C)cc1. The summed E-state index contributed by atoms with van der Waals surface area (Å²) in [7, 11) is -2.66. The summed E-state index contributed by atoms with van der Waals surface area (Å²) in [6, 6.07) is 19.5. The Kier molecular flexibility index (Phi) is 10.8. The molecule has 0 aliphatic heterocycles. The molecular formula is C30H36BrN3O5S. The second-order valence-corrected chi connectivity index (χ2v) is 12.4. The van der Waals surface area contributed by atoms with Crippen LogP contribution in [0.3, 0.4) is 0 Å². The summed E-state index contributed by atoms with van der Waals surface area (Å²) in [6.45, 7) is 6.97. The monoisotopic (exact) mass is 629 g/mol. The van der Waals surface area contributed by atoms with Gasteiger partial charge in [-0.1, -0.05) is 58.7 Å². The fourth-order valence-corrected chi connectivity index (χ4v) is 5.86. The largest absolute Gasteiger partial charge is 0.497 e. The first-order chi connectivity index (χ1) is 19.0. The van der Waals surface area contributed by atoms with E-state index < -0.39 is 28.5 Å². The molecule has 0 aliphatic carbocycles. The van der Waals surface area contributed by atoms with E-state index in [9.17, 15) is 18.0 Å². The van der Waals surface area contributed by atoms with Crippen LogP contribution >= 0.6 is 15.9 Å². The minimum atomic E-state index is -4.15. The lowest BCUT2D eigenvalue weighted by molar-refractivity contribution is -0.139. The molecule has 0 radical (unpaired) electrons. The van der Waals surface area contributed by atoms with Gasteiger partial charge in [-0.3, -0.25) is 13.9 Å². The Morgan fingerprint density at radius 1 is 1.00 bits per heavy atom. The first-order valence-corrected chi connectivity index (χ1v) is 15.3. The third-order valence-electron chi connectivity index (χ3n) is 6.64. The Bertz CT molecular complexity index is 1430. The zero-order valence-electron chi connectivity index (χ0n) is 23.4. The lowest BCUT2D eigenvalue weighted by atomic mass is 10.1. The number of anilines is 1. The molecular weight excluding hydrogens is 594 g/mol. The number of rotatable bonds is 12. The van der Waals surface area contributed by atoms with Gasteiger partial charge in [0.25, 0.3) is 10.0 Å². The predicted octanol–water partition coefficient (Wildman–Crippen LogP) is 5.29. The number of methoxy groups -OCH3 is 1. The number of hydrogen-bond acceptors (Lipinski definition) is 5. The topological polar surface area (TPSA) is 96.0 Å². The maximum atomic E-state index is 14.0. The molecule has 2 atom stereocenters. The number of amides is 2. The zero-order chi connectivity index (χ0) is 29.4. The van der Waals surface area contributed by atoms with Gasteiger partial charge >= 0.3 is 0 Å². The van der Waals surface area contributed by atoms with Crippen molar-refractivity contribution in [3.8, 4) is 5.75 Å². The van der Waals surface area contributed by atoms with E-state index >= 15 is 0 Å². The van der Waals surface area contributed by atoms with Crippen LogP contribution in [0.4, 0.5) is 5.69 Å². The fourth-order valence-electron chi connectivity index (χ4n) is 4.01. The van der Waals surface area contributed by atoms with Crippen molar-refractivity contribution in [3.63, 3.8) is 0 Å². The van der Waals surface area contributed by atoms with Gasteiger partial charge in [0, 0.05) is 23.1 Å². The zero-order valence-corrected chi connectivity index (χ0v) is 25.8. The van der Waals surface area contributed by atoms with E-state index in [1.165, 1.54) is 24.1 Å². The summed E-state index contributed by atoms with van der Waals surface area (Å²) in [6.07, 6.45) is 0.733. The molecule has 0 spiro atoms. The highest BCUT2D eigenvalue weighted by Crippen LogP contribution is 2.28. The van der Waals surface area contributed by atoms with Crippen molar-refractivity contribution < 1.29 is 22.7 Å². The van der Waals surface area contributed by atoms with Crippen LogP contribution in [0.2, 0.25) is 0 Å². The van der Waals surface area contributed by atoms with Crippen molar-refractivity contribution >= 4 is 43.5 Å². The lowest BCUT2D eigenvalue weighted by Crippen LogP contribution is -2.52. The maximum Gasteiger partial charge on any atom is 0.264 e. The van der Waals surface area contributed by atoms with Gasteiger partial charge in [0.15, 0.2) is 0 Å². The van der Waals surface area contributed by atoms with Crippen molar-refractivity contribution in [2.24, 2.45) is 0 Å². The number of carbonyl (C=O) groups excluding carboxylic acids is 2. The average molecular weight is 631 g/mol. The Hall–Kier alpha value is -3.37. The van der Waals surface area contributed by atoms with E-state index in [4.69, 9.17) is 4.74 Å². The molecule has 0 unspecified atom stereocenters. The molecule has 10 heteroatoms. The van der Waals surface area contributed by atoms with Crippen LogP contribution in [-0.2, 0) is 26.2 Å². The number of aryl methyl sites for hydroxylation is 1. The predicted molar refractivity (Wildman–Crippen MR) is 161 cm³/mol. The number of nitrogens with one attached hydrogen (secondary N) is 1. The van der Waals surface area contributed by atoms with Gasteiger partial charge in [0.05, 0.1) is 17.7 Å². The molecule has 3 aromatic rings. The summed E-state index contributed by atoms with van der Waals surface area (Å²) in [5, 5.41) is 2.93. The quantitative estimate of drug-likeness (QED) is 0.294. The van der Waals surface area contributed by atoms with Gasteiger partial charge in [-0.05, 0) is 69.2 Å². The highest BCUT2D eigenvalue weighted by Gasteiger charge is 2.33. The van der Waals surface area contributed by atoms with E-state index in [2.05, 4.69) is 21.2 Å². The number of halogens is 1. The molecule has 0 fully saturated rings. The Labute approximate surface area is 245 Å². The van der Waals surface area contributed by atoms with Crippen molar-refractivity contribution in [1.82, 2.24) is 10.2 Å². The van der Waals surface area contributed by atoms with Crippen molar-refractivity contribution in [2.45, 2.75) is 57.6 Å². The van der Waals surface area contributed by atoms with Gasteiger partial charge in [-0.25, -0.2) is 8.42 Å². The van der Waals surface area contributed by atoms with Gasteiger partial charge < -0.3 is 15.0 Å². The van der Waals surface area contributed by atoms with E-state index in [-0.39, 0.29) is 29.1 Å². The Morgan fingerprint density at radius 3 is 2.30 bits per heavy atom. The first-order valence-electron chi connectivity index (χ1n) is 13.0. The van der Waals surface area contributed by atoms with Gasteiger partial charge in [0.1, 0.15) is 18.3 Å². The highest BCUT2D eigenvalue weighted by molar-refractivity contribution is 9.10. The molecule has 0 aromatic heterocycles. The second-order valence-electron chi connectivity index (χ2n) is 9.67. The minimum Gasteiger partial charge on any atom is -0.497 e. The minimum absolute atomic E-state index is 0.0508. The van der Waals surface area contributed by atoms with Crippen LogP contribution in [0, 0.1) is 6.92 Å². The third-order valence-corrected chi connectivity index (χ3v) is 8.92. The Morgan fingerprint density at radius 2 is 1.68 bits per heavy atom. The molecule has 0 saturated heterocycles. The van der Waals surface area contributed by atoms with Gasteiger partial charge in [0.2, 0.25) is 11.8 Å². The van der Waals surface area contributed by atoms with Crippen LogP contribution in [0.15, 0.2) is 82.2 Å². The van der Waals surface area contributed by atoms with Crippen molar-refractivity contribution in [3.05, 3.63) is 88.4 Å². The van der Waals surface area contributed by atoms with Gasteiger partial charge in [-0.2, -0.15) is 0 Å². The van der Waals surface area contributed by atoms with Crippen LogP contribution in [0.5, 0.6) is 5.75 Å².